The van der Waals surface area contributed by atoms with E-state index in [4.69, 9.17) is 9.47 Å². The van der Waals surface area contributed by atoms with Gasteiger partial charge in [-0.2, -0.15) is 0 Å². The number of ether oxygens (including phenoxy) is 2. The number of cyclic esters (lactones) is 1. The van der Waals surface area contributed by atoms with Gasteiger partial charge in [-0.05, 0) is 25.7 Å². The SMILES string of the molecule is CCOC(=O)C1C(=O)C(=O)OC1C(CC)CC. The second-order valence-electron chi connectivity index (χ2n) is 4.04. The number of carbonyl (C=O) groups excluding carboxylic acids is 3. The molecule has 1 aliphatic rings. The van der Waals surface area contributed by atoms with Crippen LogP contribution in [0.15, 0.2) is 0 Å². The van der Waals surface area contributed by atoms with Crippen LogP contribution in [-0.4, -0.2) is 30.4 Å². The maximum Gasteiger partial charge on any atom is 0.376 e. The third-order valence-corrected chi connectivity index (χ3v) is 3.11. The van der Waals surface area contributed by atoms with E-state index in [1.807, 2.05) is 13.8 Å². The fourth-order valence-corrected chi connectivity index (χ4v) is 2.12. The van der Waals surface area contributed by atoms with Crippen LogP contribution < -0.4 is 0 Å². The van der Waals surface area contributed by atoms with Crippen molar-refractivity contribution in [3.05, 3.63) is 0 Å². The van der Waals surface area contributed by atoms with E-state index < -0.39 is 29.7 Å². The van der Waals surface area contributed by atoms with Crippen molar-refractivity contribution in [2.45, 2.75) is 39.7 Å². The van der Waals surface area contributed by atoms with E-state index in [0.29, 0.717) is 0 Å². The monoisotopic (exact) mass is 242 g/mol. The molecule has 17 heavy (non-hydrogen) atoms. The van der Waals surface area contributed by atoms with E-state index in [1.54, 1.807) is 6.92 Å². The summed E-state index contributed by atoms with van der Waals surface area (Å²) < 4.78 is 9.83. The first kappa shape index (κ1) is 13.7. The topological polar surface area (TPSA) is 69.7 Å². The smallest absolute Gasteiger partial charge is 0.376 e. The minimum atomic E-state index is -1.08. The third kappa shape index (κ3) is 2.65. The van der Waals surface area contributed by atoms with E-state index >= 15 is 0 Å². The van der Waals surface area contributed by atoms with E-state index in [1.165, 1.54) is 0 Å². The zero-order valence-corrected chi connectivity index (χ0v) is 10.4. The second kappa shape index (κ2) is 5.80. The summed E-state index contributed by atoms with van der Waals surface area (Å²) >= 11 is 0. The van der Waals surface area contributed by atoms with Crippen molar-refractivity contribution in [3.63, 3.8) is 0 Å². The first-order valence-electron chi connectivity index (χ1n) is 5.98. The molecule has 2 atom stereocenters. The summed E-state index contributed by atoms with van der Waals surface area (Å²) in [6.45, 7) is 5.72. The molecular formula is C12H18O5. The van der Waals surface area contributed by atoms with Crippen molar-refractivity contribution >= 4 is 17.7 Å². The fourth-order valence-electron chi connectivity index (χ4n) is 2.12. The maximum atomic E-state index is 11.7. The Balaban J connectivity index is 2.91. The number of hydrogen-bond donors (Lipinski definition) is 0. The van der Waals surface area contributed by atoms with Gasteiger partial charge in [0.25, 0.3) is 5.78 Å². The van der Waals surface area contributed by atoms with Gasteiger partial charge in [0.15, 0.2) is 5.92 Å². The van der Waals surface area contributed by atoms with Crippen LogP contribution in [0.1, 0.15) is 33.6 Å². The van der Waals surface area contributed by atoms with Gasteiger partial charge in [0.1, 0.15) is 6.10 Å². The Morgan fingerprint density at radius 2 is 1.88 bits per heavy atom. The van der Waals surface area contributed by atoms with Crippen molar-refractivity contribution in [1.82, 2.24) is 0 Å². The zero-order chi connectivity index (χ0) is 13.0. The average Bonchev–Trinajstić information content (AvgIpc) is 2.58. The molecule has 1 heterocycles. The van der Waals surface area contributed by atoms with Gasteiger partial charge in [0.2, 0.25) is 0 Å². The molecule has 0 amide bonds. The van der Waals surface area contributed by atoms with Gasteiger partial charge in [-0.3, -0.25) is 9.59 Å². The van der Waals surface area contributed by atoms with Crippen LogP contribution in [0.4, 0.5) is 0 Å². The summed E-state index contributed by atoms with van der Waals surface area (Å²) in [6.07, 6.45) is 0.832. The number of rotatable bonds is 5. The van der Waals surface area contributed by atoms with Gasteiger partial charge in [-0.15, -0.1) is 0 Å². The van der Waals surface area contributed by atoms with E-state index in [0.717, 1.165) is 12.8 Å². The molecule has 5 nitrogen and oxygen atoms in total. The van der Waals surface area contributed by atoms with Crippen LogP contribution in [0.2, 0.25) is 0 Å². The summed E-state index contributed by atoms with van der Waals surface area (Å²) in [7, 11) is 0. The van der Waals surface area contributed by atoms with Crippen LogP contribution in [0, 0.1) is 11.8 Å². The quantitative estimate of drug-likeness (QED) is 0.410. The largest absolute Gasteiger partial charge is 0.465 e. The van der Waals surface area contributed by atoms with Crippen LogP contribution in [0.3, 0.4) is 0 Å². The molecular weight excluding hydrogens is 224 g/mol. The number of Topliss-reactive ketones (excluding diaryl/α,β-unsaturated/α-hetero) is 1. The number of ketones is 1. The molecule has 0 spiro atoms. The zero-order valence-electron chi connectivity index (χ0n) is 10.4. The Morgan fingerprint density at radius 1 is 1.29 bits per heavy atom. The van der Waals surface area contributed by atoms with Gasteiger partial charge in [-0.1, -0.05) is 13.8 Å². The first-order chi connectivity index (χ1) is 8.06. The molecule has 0 aliphatic carbocycles. The standard InChI is InChI=1S/C12H18O5/c1-4-7(5-2)10-8(11(14)16-6-3)9(13)12(15)17-10/h7-8,10H,4-6H2,1-3H3. The molecule has 0 N–H and O–H groups in total. The molecule has 1 rings (SSSR count). The highest BCUT2D eigenvalue weighted by molar-refractivity contribution is 6.40. The molecule has 0 aromatic heterocycles. The highest BCUT2D eigenvalue weighted by Crippen LogP contribution is 2.30. The Hall–Kier alpha value is -1.39. The summed E-state index contributed by atoms with van der Waals surface area (Å²) in [5.74, 6) is -3.41. The van der Waals surface area contributed by atoms with Gasteiger partial charge in [0.05, 0.1) is 6.61 Å². The lowest BCUT2D eigenvalue weighted by Crippen LogP contribution is -2.35. The molecule has 1 aliphatic heterocycles. The van der Waals surface area contributed by atoms with Crippen molar-refractivity contribution in [3.8, 4) is 0 Å². The fraction of sp³-hybridized carbons (Fsp3) is 0.750. The molecule has 96 valence electrons. The summed E-state index contributed by atoms with van der Waals surface area (Å²) in [6, 6.07) is 0. The molecule has 5 heteroatoms. The molecule has 0 radical (unpaired) electrons. The minimum absolute atomic E-state index is 0.0137. The highest BCUT2D eigenvalue weighted by atomic mass is 16.6. The van der Waals surface area contributed by atoms with Crippen LogP contribution in [-0.2, 0) is 23.9 Å². The predicted octanol–water partition coefficient (Wildman–Crippen LogP) is 1.10. The van der Waals surface area contributed by atoms with Gasteiger partial charge < -0.3 is 9.47 Å². The molecule has 1 saturated heterocycles. The molecule has 2 unspecified atom stereocenters. The Bertz CT molecular complexity index is 319. The first-order valence-corrected chi connectivity index (χ1v) is 5.98. The number of esters is 2. The molecule has 1 fully saturated rings. The van der Waals surface area contributed by atoms with Crippen molar-refractivity contribution in [1.29, 1.82) is 0 Å². The Kier molecular flexibility index (Phi) is 4.66. The molecule has 0 bridgehead atoms. The summed E-state index contributed by atoms with van der Waals surface area (Å²) in [5.41, 5.74) is 0. The Morgan fingerprint density at radius 3 is 2.35 bits per heavy atom. The molecule has 0 saturated carbocycles. The lowest BCUT2D eigenvalue weighted by atomic mass is 9.86. The van der Waals surface area contributed by atoms with E-state index in [2.05, 4.69) is 0 Å². The second-order valence-corrected chi connectivity index (χ2v) is 4.04. The van der Waals surface area contributed by atoms with Crippen molar-refractivity contribution in [2.75, 3.05) is 6.61 Å². The van der Waals surface area contributed by atoms with Crippen molar-refractivity contribution < 1.29 is 23.9 Å². The van der Waals surface area contributed by atoms with Crippen LogP contribution >= 0.6 is 0 Å². The molecule has 0 aromatic carbocycles. The lowest BCUT2D eigenvalue weighted by Gasteiger charge is -2.22. The molecule has 0 aromatic rings. The van der Waals surface area contributed by atoms with Crippen LogP contribution in [0.25, 0.3) is 0 Å². The van der Waals surface area contributed by atoms with E-state index in [-0.39, 0.29) is 12.5 Å². The van der Waals surface area contributed by atoms with Gasteiger partial charge in [0, 0.05) is 0 Å². The lowest BCUT2D eigenvalue weighted by molar-refractivity contribution is -0.152. The summed E-state index contributed by atoms with van der Waals surface area (Å²) in [5, 5.41) is 0. The summed E-state index contributed by atoms with van der Waals surface area (Å²) in [4.78, 5) is 34.5. The van der Waals surface area contributed by atoms with E-state index in [9.17, 15) is 14.4 Å². The third-order valence-electron chi connectivity index (χ3n) is 3.11. The van der Waals surface area contributed by atoms with Gasteiger partial charge >= 0.3 is 11.9 Å². The van der Waals surface area contributed by atoms with Crippen LogP contribution in [0.5, 0.6) is 0 Å². The predicted molar refractivity (Wildman–Crippen MR) is 59.1 cm³/mol. The Labute approximate surface area is 100 Å². The normalized spacial score (nSPS) is 24.0. The number of hydrogen-bond acceptors (Lipinski definition) is 5. The number of carbonyl (C=O) groups is 3. The van der Waals surface area contributed by atoms with Crippen molar-refractivity contribution in [2.24, 2.45) is 11.8 Å². The minimum Gasteiger partial charge on any atom is -0.465 e. The average molecular weight is 242 g/mol. The highest BCUT2D eigenvalue weighted by Gasteiger charge is 2.51. The van der Waals surface area contributed by atoms with Gasteiger partial charge in [-0.25, -0.2) is 4.79 Å². The maximum absolute atomic E-state index is 11.7.